The average Bonchev–Trinajstić information content (AvgIpc) is 2.65. The Morgan fingerprint density at radius 2 is 0.673 bits per heavy atom. The molecule has 0 aromatic heterocycles. The van der Waals surface area contributed by atoms with Gasteiger partial charge in [0.2, 0.25) is 0 Å². The summed E-state index contributed by atoms with van der Waals surface area (Å²) in [5.41, 5.74) is 2.48. The molecule has 0 heterocycles. The van der Waals surface area contributed by atoms with Gasteiger partial charge in [-0.2, -0.15) is 0 Å². The number of phenolic OH excluding ortho intramolecular Hbond substituents is 2. The number of rotatable bonds is 4. The van der Waals surface area contributed by atoms with E-state index in [9.17, 15) is 38.9 Å². The van der Waals surface area contributed by atoms with E-state index in [1.807, 2.05) is 83.1 Å². The van der Waals surface area contributed by atoms with E-state index in [2.05, 4.69) is 0 Å². The number of hydrogen-bond acceptors (Lipinski definition) is 6. The molecule has 0 aliphatic rings. The molecule has 284 valence electrons. The quantitative estimate of drug-likeness (QED) is 0.232. The van der Waals surface area contributed by atoms with Gasteiger partial charge in [0, 0.05) is 6.16 Å². The van der Waals surface area contributed by atoms with Gasteiger partial charge in [0.1, 0.15) is 11.5 Å². The summed E-state index contributed by atoms with van der Waals surface area (Å²) in [6, 6.07) is 6.63. The molecule has 0 saturated carbocycles. The number of phenols is 2. The van der Waals surface area contributed by atoms with Gasteiger partial charge in [-0.1, -0.05) is 115 Å². The zero-order valence-corrected chi connectivity index (χ0v) is 34.8. The Morgan fingerprint density at radius 3 is 0.816 bits per heavy atom. The summed E-state index contributed by atoms with van der Waals surface area (Å²) in [6.07, 6.45) is -0.834. The molecule has 18 N–H and O–H groups in total. The molecule has 2 rings (SSSR count). The van der Waals surface area contributed by atoms with Crippen molar-refractivity contribution in [3.63, 3.8) is 0 Å². The molecule has 0 unspecified atom stereocenters. The molecule has 19 heteroatoms. The van der Waals surface area contributed by atoms with Crippen LogP contribution in [0, 0.1) is 0 Å². The van der Waals surface area contributed by atoms with Gasteiger partial charge in [-0.15, -0.1) is 0 Å². The summed E-state index contributed by atoms with van der Waals surface area (Å²) < 4.78 is 22.3. The molecular formula is C30H62Al2O15P2+4. The summed E-state index contributed by atoms with van der Waals surface area (Å²) in [4.78, 5) is 40.4. The van der Waals surface area contributed by atoms with Crippen molar-refractivity contribution < 1.29 is 77.3 Å². The van der Waals surface area contributed by atoms with Gasteiger partial charge >= 0.3 is 42.3 Å². The van der Waals surface area contributed by atoms with Crippen LogP contribution in [-0.2, 0) is 43.1 Å². The van der Waals surface area contributed by atoms with Crippen LogP contribution in [0.4, 0.5) is 0 Å². The fraction of sp³-hybridized carbons (Fsp3) is 0.600. The van der Waals surface area contributed by atoms with Crippen LogP contribution in [0.3, 0.4) is 0 Å². The molecule has 0 amide bonds. The SMILES string of the molecule is CC(C)(C)c1cc(CP(=O)(O)O)cc(C(C)(C)C)c1O.CC(C)(C)c1cc(CP(=O)([O-])[O-])cc(C(C)(C)C)c1O.O.O.O.O.O.O.O.[Al+3].[Al+3]. The van der Waals surface area contributed by atoms with Gasteiger partial charge in [0.05, 0.1) is 6.16 Å². The van der Waals surface area contributed by atoms with Crippen LogP contribution in [0.25, 0.3) is 0 Å². The molecule has 15 nitrogen and oxygen atoms in total. The number of benzene rings is 2. The van der Waals surface area contributed by atoms with Gasteiger partial charge < -0.3 is 72.7 Å². The first-order valence-corrected chi connectivity index (χ1v) is 16.8. The largest absolute Gasteiger partial charge is 3.00 e. The predicted octanol–water partition coefficient (Wildman–Crippen LogP) is -0.469. The Morgan fingerprint density at radius 1 is 0.490 bits per heavy atom. The molecule has 2 aromatic rings. The van der Waals surface area contributed by atoms with Crippen LogP contribution in [0.1, 0.15) is 116 Å². The third kappa shape index (κ3) is 22.6. The third-order valence-corrected chi connectivity index (χ3v) is 7.87. The Kier molecular flexibility index (Phi) is 33.7. The van der Waals surface area contributed by atoms with E-state index in [1.165, 1.54) is 0 Å². The second-order valence-corrected chi connectivity index (χ2v) is 17.9. The molecule has 0 spiro atoms. The van der Waals surface area contributed by atoms with E-state index in [1.54, 1.807) is 24.3 Å². The van der Waals surface area contributed by atoms with Crippen molar-refractivity contribution in [3.05, 3.63) is 57.6 Å². The van der Waals surface area contributed by atoms with E-state index in [-0.39, 0.29) is 112 Å². The average molecular weight is 779 g/mol. The minimum atomic E-state index is -4.63. The Labute approximate surface area is 312 Å². The maximum Gasteiger partial charge on any atom is 3.00 e. The van der Waals surface area contributed by atoms with Crippen molar-refractivity contribution in [3.8, 4) is 11.5 Å². The first-order valence-electron chi connectivity index (χ1n) is 13.2. The topological polar surface area (TPSA) is 382 Å². The van der Waals surface area contributed by atoms with Crippen LogP contribution in [0.2, 0.25) is 0 Å². The summed E-state index contributed by atoms with van der Waals surface area (Å²) >= 11 is 0. The third-order valence-electron chi connectivity index (χ3n) is 6.34. The molecule has 2 aromatic carbocycles. The maximum absolute atomic E-state index is 11.2. The van der Waals surface area contributed by atoms with Gasteiger partial charge in [-0.25, -0.2) is 0 Å². The molecule has 0 saturated heterocycles. The second kappa shape index (κ2) is 23.6. The summed E-state index contributed by atoms with van der Waals surface area (Å²) in [7, 11) is -8.76. The first kappa shape index (κ1) is 69.8. The van der Waals surface area contributed by atoms with Gasteiger partial charge in [-0.3, -0.25) is 4.57 Å². The Balaban J connectivity index is -0.0000000788. The molecule has 0 bridgehead atoms. The molecule has 0 radical (unpaired) electrons. The molecule has 0 aliphatic heterocycles. The Hall–Kier alpha value is -0.875. The van der Waals surface area contributed by atoms with E-state index in [0.717, 1.165) is 0 Å². The fourth-order valence-electron chi connectivity index (χ4n) is 4.32. The number of aromatic hydroxyl groups is 2. The van der Waals surface area contributed by atoms with E-state index < -0.39 is 21.4 Å². The summed E-state index contributed by atoms with van der Waals surface area (Å²) in [5.74, 6) is 0.403. The van der Waals surface area contributed by atoms with Gasteiger partial charge in [0.25, 0.3) is 0 Å². The first-order chi connectivity index (χ1) is 17.4. The van der Waals surface area contributed by atoms with E-state index in [4.69, 9.17) is 0 Å². The van der Waals surface area contributed by atoms with Crippen LogP contribution >= 0.6 is 15.2 Å². The van der Waals surface area contributed by atoms with Gasteiger partial charge in [-0.05, 0) is 55.0 Å². The van der Waals surface area contributed by atoms with Crippen molar-refractivity contribution in [1.29, 1.82) is 0 Å². The van der Waals surface area contributed by atoms with Crippen molar-refractivity contribution >= 4 is 49.9 Å². The van der Waals surface area contributed by atoms with Crippen molar-refractivity contribution in [2.24, 2.45) is 0 Å². The molecule has 0 atom stereocenters. The van der Waals surface area contributed by atoms with Gasteiger partial charge in [0.15, 0.2) is 0 Å². The number of hydrogen-bond donors (Lipinski definition) is 4. The molecule has 0 aliphatic carbocycles. The smallest absolute Gasteiger partial charge is 0.810 e. The Bertz CT molecular complexity index is 1150. The zero-order chi connectivity index (χ0) is 31.9. The molecule has 49 heavy (non-hydrogen) atoms. The minimum Gasteiger partial charge on any atom is -0.810 e. The zero-order valence-electron chi connectivity index (χ0n) is 30.7. The van der Waals surface area contributed by atoms with Crippen LogP contribution < -0.4 is 9.79 Å². The van der Waals surface area contributed by atoms with Crippen molar-refractivity contribution in [2.45, 2.75) is 117 Å². The van der Waals surface area contributed by atoms with Crippen LogP contribution in [0.15, 0.2) is 24.3 Å². The normalized spacial score (nSPS) is 11.1. The monoisotopic (exact) mass is 778 g/mol. The standard InChI is InChI=1S/2C15H25O4P.2Al.7H2O/c2*1-14(2,3)11-7-10(9-20(17,18)19)8-12(13(11)16)15(4,5)6;;;;;;;;;/h2*7-8,16H,9H2,1-6H3,(H2,17,18,19);;;7*1H2/q;;2*+3;;;;;;;/p-2. The second-order valence-electron chi connectivity index (χ2n) is 14.7. The minimum absolute atomic E-state index is 0. The van der Waals surface area contributed by atoms with Crippen molar-refractivity contribution in [2.75, 3.05) is 0 Å². The molecular weight excluding hydrogens is 716 g/mol. The maximum atomic E-state index is 11.2. The van der Waals surface area contributed by atoms with Crippen LogP contribution in [0.5, 0.6) is 11.5 Å². The summed E-state index contributed by atoms with van der Waals surface area (Å²) in [5, 5.41) is 20.9. The fourth-order valence-corrected chi connectivity index (χ4v) is 5.61. The summed E-state index contributed by atoms with van der Waals surface area (Å²) in [6.45, 7) is 23.4. The molecule has 0 fully saturated rings. The van der Waals surface area contributed by atoms with E-state index in [0.29, 0.717) is 33.4 Å². The van der Waals surface area contributed by atoms with E-state index >= 15 is 0 Å². The van der Waals surface area contributed by atoms with Crippen molar-refractivity contribution in [1.82, 2.24) is 0 Å². The van der Waals surface area contributed by atoms with Crippen LogP contribution in [-0.4, -0.2) is 93.1 Å². The predicted molar refractivity (Wildman–Crippen MR) is 195 cm³/mol.